The third-order valence-electron chi connectivity index (χ3n) is 2.52. The second-order valence-corrected chi connectivity index (χ2v) is 4.76. The third kappa shape index (κ3) is 3.48. The molecule has 0 saturated carbocycles. The Bertz CT molecular complexity index is 697. The van der Waals surface area contributed by atoms with Gasteiger partial charge < -0.3 is 10.4 Å². The molecule has 1 heterocycles. The van der Waals surface area contributed by atoms with Crippen molar-refractivity contribution < 1.29 is 19.1 Å². The van der Waals surface area contributed by atoms with Crippen LogP contribution in [0.5, 0.6) is 0 Å². The minimum atomic E-state index is -1.19. The molecule has 0 radical (unpaired) electrons. The van der Waals surface area contributed by atoms with Crippen molar-refractivity contribution in [2.75, 3.05) is 5.32 Å². The number of nitrogens with one attached hydrogen (secondary N) is 1. The van der Waals surface area contributed by atoms with Gasteiger partial charge in [0.1, 0.15) is 0 Å². The third-order valence-corrected chi connectivity index (χ3v) is 3.11. The maximum atomic E-state index is 12.7. The molecule has 108 valence electrons. The largest absolute Gasteiger partial charge is 0.478 e. The zero-order chi connectivity index (χ0) is 15.6. The first-order valence-corrected chi connectivity index (χ1v) is 6.29. The molecule has 0 aliphatic carbocycles. The summed E-state index contributed by atoms with van der Waals surface area (Å²) in [6.07, 6.45) is 1.05. The van der Waals surface area contributed by atoms with Crippen molar-refractivity contribution in [2.24, 2.45) is 0 Å². The molecule has 21 heavy (non-hydrogen) atoms. The Kier molecular flexibility index (Phi) is 4.40. The van der Waals surface area contributed by atoms with Crippen LogP contribution in [0.15, 0.2) is 30.5 Å². The highest BCUT2D eigenvalue weighted by atomic mass is 35.5. The highest BCUT2D eigenvalue weighted by Gasteiger charge is 2.15. The number of hydrogen-bond acceptors (Lipinski definition) is 3. The van der Waals surface area contributed by atoms with E-state index in [9.17, 15) is 14.0 Å². The minimum absolute atomic E-state index is 0.0247. The Balaban J connectivity index is 2.29. The summed E-state index contributed by atoms with van der Waals surface area (Å²) < 4.78 is 12.7. The zero-order valence-electron chi connectivity index (χ0n) is 10.2. The molecular formula is C13H7Cl2FN2O3. The number of carbonyl (C=O) groups excluding carboxylic acids is 1. The average Bonchev–Trinajstić information content (AvgIpc) is 2.43. The Morgan fingerprint density at radius 2 is 1.76 bits per heavy atom. The summed E-state index contributed by atoms with van der Waals surface area (Å²) >= 11 is 11.8. The maximum absolute atomic E-state index is 12.7. The van der Waals surface area contributed by atoms with E-state index in [1.807, 2.05) is 0 Å². The van der Waals surface area contributed by atoms with Crippen molar-refractivity contribution in [1.29, 1.82) is 0 Å². The number of aromatic carboxylic acids is 1. The highest BCUT2D eigenvalue weighted by Crippen LogP contribution is 2.32. The Labute approximate surface area is 128 Å². The summed E-state index contributed by atoms with van der Waals surface area (Å²) in [5.74, 6) is -2.51. The van der Waals surface area contributed by atoms with E-state index in [1.54, 1.807) is 0 Å². The van der Waals surface area contributed by atoms with E-state index in [1.165, 1.54) is 6.07 Å². The van der Waals surface area contributed by atoms with Gasteiger partial charge in [-0.1, -0.05) is 23.2 Å². The Morgan fingerprint density at radius 3 is 2.24 bits per heavy atom. The molecule has 0 fully saturated rings. The van der Waals surface area contributed by atoms with Crippen molar-refractivity contribution in [3.8, 4) is 0 Å². The van der Waals surface area contributed by atoms with Crippen LogP contribution < -0.4 is 5.32 Å². The van der Waals surface area contributed by atoms with E-state index in [4.69, 9.17) is 28.3 Å². The van der Waals surface area contributed by atoms with Gasteiger partial charge in [0.2, 0.25) is 5.95 Å². The van der Waals surface area contributed by atoms with Gasteiger partial charge in [-0.2, -0.15) is 4.39 Å². The maximum Gasteiger partial charge on any atom is 0.335 e. The quantitative estimate of drug-likeness (QED) is 0.845. The summed E-state index contributed by atoms with van der Waals surface area (Å²) in [4.78, 5) is 26.1. The van der Waals surface area contributed by atoms with Crippen molar-refractivity contribution in [3.63, 3.8) is 0 Å². The lowest BCUT2D eigenvalue weighted by Crippen LogP contribution is -2.13. The van der Waals surface area contributed by atoms with Crippen LogP contribution in [-0.2, 0) is 0 Å². The van der Waals surface area contributed by atoms with Crippen LogP contribution in [0.3, 0.4) is 0 Å². The number of rotatable bonds is 3. The van der Waals surface area contributed by atoms with E-state index >= 15 is 0 Å². The number of carbonyl (C=O) groups is 2. The predicted octanol–water partition coefficient (Wildman–Crippen LogP) is 3.48. The van der Waals surface area contributed by atoms with E-state index < -0.39 is 17.8 Å². The van der Waals surface area contributed by atoms with Gasteiger partial charge in [0.25, 0.3) is 5.91 Å². The van der Waals surface area contributed by atoms with Gasteiger partial charge in [0, 0.05) is 6.20 Å². The van der Waals surface area contributed by atoms with Crippen LogP contribution in [0.1, 0.15) is 20.7 Å². The van der Waals surface area contributed by atoms with Crippen molar-refractivity contribution >= 4 is 40.8 Å². The SMILES string of the molecule is O=C(O)c1cc(Cl)c(NC(=O)c2ccc(F)nc2)c(Cl)c1. The highest BCUT2D eigenvalue weighted by molar-refractivity contribution is 6.40. The minimum Gasteiger partial charge on any atom is -0.478 e. The second-order valence-electron chi connectivity index (χ2n) is 3.94. The molecule has 8 heteroatoms. The summed E-state index contributed by atoms with van der Waals surface area (Å²) in [7, 11) is 0. The molecule has 0 saturated heterocycles. The standard InChI is InChI=1S/C13H7Cl2FN2O3/c14-8-3-7(13(20)21)4-9(15)11(8)18-12(19)6-1-2-10(16)17-5-6/h1-5H,(H,18,19)(H,20,21). The number of benzene rings is 1. The van der Waals surface area contributed by atoms with Gasteiger partial charge in [0.15, 0.2) is 0 Å². The summed E-state index contributed by atoms with van der Waals surface area (Å²) in [5, 5.41) is 11.2. The van der Waals surface area contributed by atoms with Gasteiger partial charge in [-0.3, -0.25) is 4.79 Å². The number of aromatic nitrogens is 1. The van der Waals surface area contributed by atoms with Gasteiger partial charge in [0.05, 0.1) is 26.9 Å². The van der Waals surface area contributed by atoms with Crippen LogP contribution in [-0.4, -0.2) is 22.0 Å². The van der Waals surface area contributed by atoms with E-state index in [0.29, 0.717) is 0 Å². The number of carboxylic acids is 1. The zero-order valence-corrected chi connectivity index (χ0v) is 11.7. The number of nitrogens with zero attached hydrogens (tertiary/aromatic N) is 1. The predicted molar refractivity (Wildman–Crippen MR) is 75.6 cm³/mol. The van der Waals surface area contributed by atoms with Gasteiger partial charge >= 0.3 is 5.97 Å². The Hall–Kier alpha value is -2.18. The van der Waals surface area contributed by atoms with Crippen LogP contribution in [0.25, 0.3) is 0 Å². The fourth-order valence-electron chi connectivity index (χ4n) is 1.51. The van der Waals surface area contributed by atoms with E-state index in [0.717, 1.165) is 24.4 Å². The molecule has 1 amide bonds. The molecule has 2 aromatic rings. The van der Waals surface area contributed by atoms with Crippen molar-refractivity contribution in [3.05, 3.63) is 57.6 Å². The van der Waals surface area contributed by atoms with Crippen LogP contribution >= 0.6 is 23.2 Å². The number of pyridine rings is 1. The molecule has 0 spiro atoms. The number of anilines is 1. The normalized spacial score (nSPS) is 10.2. The molecule has 2 N–H and O–H groups in total. The average molecular weight is 329 g/mol. The molecule has 1 aromatic carbocycles. The fourth-order valence-corrected chi connectivity index (χ4v) is 2.09. The topological polar surface area (TPSA) is 79.3 Å². The first kappa shape index (κ1) is 15.2. The first-order chi connectivity index (χ1) is 9.88. The number of hydrogen-bond donors (Lipinski definition) is 2. The van der Waals surface area contributed by atoms with Gasteiger partial charge in [-0.05, 0) is 24.3 Å². The Morgan fingerprint density at radius 1 is 1.14 bits per heavy atom. The van der Waals surface area contributed by atoms with E-state index in [-0.39, 0.29) is 26.9 Å². The molecule has 0 aliphatic heterocycles. The van der Waals surface area contributed by atoms with Crippen molar-refractivity contribution in [1.82, 2.24) is 4.98 Å². The van der Waals surface area contributed by atoms with Crippen molar-refractivity contribution in [2.45, 2.75) is 0 Å². The van der Waals surface area contributed by atoms with Crippen LogP contribution in [0.4, 0.5) is 10.1 Å². The molecule has 2 rings (SSSR count). The van der Waals surface area contributed by atoms with E-state index in [2.05, 4.69) is 10.3 Å². The number of halogens is 3. The second kappa shape index (κ2) is 6.07. The first-order valence-electron chi connectivity index (χ1n) is 5.53. The fraction of sp³-hybridized carbons (Fsp3) is 0. The molecule has 5 nitrogen and oxygen atoms in total. The van der Waals surface area contributed by atoms with Gasteiger partial charge in [-0.25, -0.2) is 9.78 Å². The lowest BCUT2D eigenvalue weighted by molar-refractivity contribution is 0.0696. The molecule has 0 atom stereocenters. The summed E-state index contributed by atoms with van der Waals surface area (Å²) in [5.41, 5.74) is 0.0648. The molecule has 0 bridgehead atoms. The number of carboxylic acid groups (broad SMARTS) is 1. The lowest BCUT2D eigenvalue weighted by atomic mass is 10.2. The molecule has 1 aromatic heterocycles. The smallest absolute Gasteiger partial charge is 0.335 e. The molecule has 0 unspecified atom stereocenters. The van der Waals surface area contributed by atoms with Crippen LogP contribution in [0, 0.1) is 5.95 Å². The van der Waals surface area contributed by atoms with Crippen LogP contribution in [0.2, 0.25) is 10.0 Å². The molecule has 0 aliphatic rings. The molecular weight excluding hydrogens is 322 g/mol. The monoisotopic (exact) mass is 328 g/mol. The summed E-state index contributed by atoms with van der Waals surface area (Å²) in [6, 6.07) is 4.60. The lowest BCUT2D eigenvalue weighted by Gasteiger charge is -2.10. The number of amides is 1. The van der Waals surface area contributed by atoms with Gasteiger partial charge in [-0.15, -0.1) is 0 Å². The summed E-state index contributed by atoms with van der Waals surface area (Å²) in [6.45, 7) is 0.